The highest BCUT2D eigenvalue weighted by molar-refractivity contribution is 6.31. The van der Waals surface area contributed by atoms with Crippen molar-refractivity contribution >= 4 is 17.3 Å². The topological polar surface area (TPSA) is 23.5 Å². The molecule has 0 bridgehead atoms. The Bertz CT molecular complexity index is 381. The highest BCUT2D eigenvalue weighted by atomic mass is 35.5. The third-order valence-corrected chi connectivity index (χ3v) is 2.68. The van der Waals surface area contributed by atoms with Gasteiger partial charge in [-0.25, -0.2) is 0 Å². The molecule has 0 aliphatic heterocycles. The molecule has 2 nitrogen and oxygen atoms in total. The minimum absolute atomic E-state index is 0.230. The van der Waals surface area contributed by atoms with Crippen molar-refractivity contribution in [3.05, 3.63) is 28.8 Å². The average Bonchev–Trinajstić information content (AvgIpc) is 2.24. The molecule has 1 aromatic carbocycles. The van der Waals surface area contributed by atoms with Gasteiger partial charge < -0.3 is 10.0 Å². The van der Waals surface area contributed by atoms with Crippen LogP contribution in [-0.2, 0) is 6.61 Å². The Morgan fingerprint density at radius 3 is 2.41 bits per heavy atom. The number of aliphatic hydroxyl groups excluding tert-OH is 1. The molecule has 1 aromatic rings. The second kappa shape index (κ2) is 5.60. The molecule has 0 spiro atoms. The third kappa shape index (κ3) is 4.09. The molecule has 0 saturated carbocycles. The van der Waals surface area contributed by atoms with Crippen LogP contribution in [-0.4, -0.2) is 24.4 Å². The predicted molar refractivity (Wildman–Crippen MR) is 61.3 cm³/mol. The van der Waals surface area contributed by atoms with Crippen LogP contribution in [0.5, 0.6) is 0 Å². The Kier molecular flexibility index (Phi) is 4.65. The molecule has 96 valence electrons. The van der Waals surface area contributed by atoms with Gasteiger partial charge in [-0.3, -0.25) is 0 Å². The molecule has 0 unspecified atom stereocenters. The van der Waals surface area contributed by atoms with Gasteiger partial charge in [-0.15, -0.1) is 0 Å². The van der Waals surface area contributed by atoms with Gasteiger partial charge in [0.25, 0.3) is 0 Å². The summed E-state index contributed by atoms with van der Waals surface area (Å²) in [6, 6.07) is 4.48. The van der Waals surface area contributed by atoms with Gasteiger partial charge in [-0.2, -0.15) is 13.2 Å². The van der Waals surface area contributed by atoms with Crippen LogP contribution < -0.4 is 4.90 Å². The Labute approximate surface area is 103 Å². The fourth-order valence-corrected chi connectivity index (χ4v) is 1.70. The van der Waals surface area contributed by atoms with E-state index in [1.54, 1.807) is 6.92 Å². The van der Waals surface area contributed by atoms with Gasteiger partial charge in [0.1, 0.15) is 6.54 Å². The highest BCUT2D eigenvalue weighted by Gasteiger charge is 2.30. The summed E-state index contributed by atoms with van der Waals surface area (Å²) in [4.78, 5) is 1.17. The van der Waals surface area contributed by atoms with E-state index in [0.717, 1.165) is 0 Å². The lowest BCUT2D eigenvalue weighted by atomic mass is 10.2. The lowest BCUT2D eigenvalue weighted by molar-refractivity contribution is -0.119. The molecule has 0 aromatic heterocycles. The van der Waals surface area contributed by atoms with Crippen LogP contribution in [0.4, 0.5) is 18.9 Å². The zero-order valence-electron chi connectivity index (χ0n) is 9.26. The fraction of sp³-hybridized carbons (Fsp3) is 0.455. The van der Waals surface area contributed by atoms with E-state index >= 15 is 0 Å². The second-order valence-electron chi connectivity index (χ2n) is 3.56. The van der Waals surface area contributed by atoms with Crippen molar-refractivity contribution < 1.29 is 18.3 Å². The van der Waals surface area contributed by atoms with Crippen molar-refractivity contribution in [3.8, 4) is 0 Å². The summed E-state index contributed by atoms with van der Waals surface area (Å²) in [6.45, 7) is 0.622. The Morgan fingerprint density at radius 2 is 2.00 bits per heavy atom. The van der Waals surface area contributed by atoms with Gasteiger partial charge in [0.2, 0.25) is 0 Å². The summed E-state index contributed by atoms with van der Waals surface area (Å²) in [6.07, 6.45) is -4.25. The maximum atomic E-state index is 12.3. The molecule has 17 heavy (non-hydrogen) atoms. The molecule has 0 aliphatic carbocycles. The highest BCUT2D eigenvalue weighted by Crippen LogP contribution is 2.26. The van der Waals surface area contributed by atoms with Crippen molar-refractivity contribution in [1.29, 1.82) is 0 Å². The maximum absolute atomic E-state index is 12.3. The van der Waals surface area contributed by atoms with E-state index in [9.17, 15) is 13.2 Å². The van der Waals surface area contributed by atoms with E-state index in [0.29, 0.717) is 11.3 Å². The minimum Gasteiger partial charge on any atom is -0.392 e. The van der Waals surface area contributed by atoms with Gasteiger partial charge >= 0.3 is 6.18 Å². The number of rotatable bonds is 4. The van der Waals surface area contributed by atoms with E-state index in [-0.39, 0.29) is 18.2 Å². The van der Waals surface area contributed by atoms with Gasteiger partial charge in [-0.1, -0.05) is 17.7 Å². The number of anilines is 1. The summed E-state index contributed by atoms with van der Waals surface area (Å²) in [5.41, 5.74) is 0.894. The molecular weight excluding hydrogens is 255 g/mol. The van der Waals surface area contributed by atoms with E-state index < -0.39 is 12.7 Å². The van der Waals surface area contributed by atoms with Crippen molar-refractivity contribution in [3.63, 3.8) is 0 Å². The number of hydrogen-bond donors (Lipinski definition) is 1. The van der Waals surface area contributed by atoms with Gasteiger partial charge in [-0.05, 0) is 24.6 Å². The minimum atomic E-state index is -4.25. The Morgan fingerprint density at radius 1 is 1.35 bits per heavy atom. The molecular formula is C11H13ClF3NO. The molecule has 0 aliphatic rings. The summed E-state index contributed by atoms with van der Waals surface area (Å²) in [5.74, 6) is 0. The lowest BCUT2D eigenvalue weighted by Gasteiger charge is -2.24. The summed E-state index contributed by atoms with van der Waals surface area (Å²) >= 11 is 5.83. The Balaban J connectivity index is 2.93. The van der Waals surface area contributed by atoms with Crippen LogP contribution in [0.25, 0.3) is 0 Å². The first kappa shape index (κ1) is 14.1. The van der Waals surface area contributed by atoms with Crippen LogP contribution in [0.1, 0.15) is 12.5 Å². The number of benzene rings is 1. The smallest absolute Gasteiger partial charge is 0.392 e. The maximum Gasteiger partial charge on any atom is 0.405 e. The van der Waals surface area contributed by atoms with Crippen LogP contribution in [0.3, 0.4) is 0 Å². The zero-order chi connectivity index (χ0) is 13.1. The summed E-state index contributed by atoms with van der Waals surface area (Å²) in [7, 11) is 0. The first-order valence-corrected chi connectivity index (χ1v) is 5.46. The first-order chi connectivity index (χ1) is 7.87. The normalized spacial score (nSPS) is 11.6. The van der Waals surface area contributed by atoms with Crippen molar-refractivity contribution in [2.24, 2.45) is 0 Å². The molecule has 0 atom stereocenters. The van der Waals surface area contributed by atoms with Crippen molar-refractivity contribution in [2.75, 3.05) is 18.0 Å². The van der Waals surface area contributed by atoms with Gasteiger partial charge in [0, 0.05) is 17.3 Å². The van der Waals surface area contributed by atoms with E-state index in [1.165, 1.54) is 23.1 Å². The van der Waals surface area contributed by atoms with Crippen molar-refractivity contribution in [2.45, 2.75) is 19.7 Å². The predicted octanol–water partition coefficient (Wildman–Crippen LogP) is 3.22. The largest absolute Gasteiger partial charge is 0.405 e. The molecule has 0 radical (unpaired) electrons. The molecule has 0 amide bonds. The summed E-state index contributed by atoms with van der Waals surface area (Å²) < 4.78 is 36.9. The molecule has 0 fully saturated rings. The number of halogens is 4. The SMILES string of the molecule is CCN(CC(F)(F)F)c1ccc(CO)c(Cl)c1. The van der Waals surface area contributed by atoms with E-state index in [4.69, 9.17) is 16.7 Å². The third-order valence-electron chi connectivity index (χ3n) is 2.32. The average molecular weight is 268 g/mol. The number of aliphatic hydroxyl groups is 1. The second-order valence-corrected chi connectivity index (χ2v) is 3.97. The van der Waals surface area contributed by atoms with Crippen LogP contribution in [0.2, 0.25) is 5.02 Å². The van der Waals surface area contributed by atoms with Crippen LogP contribution in [0.15, 0.2) is 18.2 Å². The van der Waals surface area contributed by atoms with E-state index in [2.05, 4.69) is 0 Å². The van der Waals surface area contributed by atoms with Gasteiger partial charge in [0.15, 0.2) is 0 Å². The number of alkyl halides is 3. The number of hydrogen-bond acceptors (Lipinski definition) is 2. The van der Waals surface area contributed by atoms with Gasteiger partial charge in [0.05, 0.1) is 6.61 Å². The fourth-order valence-electron chi connectivity index (χ4n) is 1.46. The molecule has 6 heteroatoms. The molecule has 1 N–H and O–H groups in total. The first-order valence-electron chi connectivity index (χ1n) is 5.08. The monoisotopic (exact) mass is 267 g/mol. The van der Waals surface area contributed by atoms with Crippen LogP contribution in [0, 0.1) is 0 Å². The van der Waals surface area contributed by atoms with Crippen molar-refractivity contribution in [1.82, 2.24) is 0 Å². The lowest BCUT2D eigenvalue weighted by Crippen LogP contribution is -2.34. The Hall–Kier alpha value is -0.940. The van der Waals surface area contributed by atoms with E-state index in [1.807, 2.05) is 0 Å². The summed E-state index contributed by atoms with van der Waals surface area (Å²) in [5, 5.41) is 9.18. The molecule has 1 rings (SSSR count). The zero-order valence-corrected chi connectivity index (χ0v) is 10.0. The molecule has 0 heterocycles. The standard InChI is InChI=1S/C11H13ClF3NO/c1-2-16(7-11(13,14)15)9-4-3-8(6-17)10(12)5-9/h3-5,17H,2,6-7H2,1H3. The van der Waals surface area contributed by atoms with Crippen LogP contribution >= 0.6 is 11.6 Å². The molecule has 0 saturated heterocycles. The quantitative estimate of drug-likeness (QED) is 0.905. The number of nitrogens with zero attached hydrogens (tertiary/aromatic N) is 1.